The summed E-state index contributed by atoms with van der Waals surface area (Å²) < 4.78 is 0. The number of carboxylic acid groups (broad SMARTS) is 1. The molecule has 0 unspecified atom stereocenters. The van der Waals surface area contributed by atoms with Gasteiger partial charge in [0.15, 0.2) is 5.13 Å². The number of nitrogens with one attached hydrogen (secondary N) is 1. The van der Waals surface area contributed by atoms with Gasteiger partial charge in [-0.1, -0.05) is 35.6 Å². The van der Waals surface area contributed by atoms with Crippen molar-refractivity contribution in [3.05, 3.63) is 46.5 Å². The lowest BCUT2D eigenvalue weighted by Gasteiger charge is -2.14. The Labute approximate surface area is 118 Å². The van der Waals surface area contributed by atoms with Crippen LogP contribution in [0.4, 0.5) is 9.93 Å². The maximum atomic E-state index is 12.1. The van der Waals surface area contributed by atoms with Gasteiger partial charge in [0.1, 0.15) is 4.88 Å². The Bertz CT molecular complexity index is 658. The normalized spacial score (nSPS) is 13.1. The fourth-order valence-electron chi connectivity index (χ4n) is 2.08. The minimum absolute atomic E-state index is 0.102. The highest BCUT2D eigenvalue weighted by Gasteiger charge is 2.23. The Morgan fingerprint density at radius 2 is 1.90 bits per heavy atom. The molecule has 0 saturated carbocycles. The lowest BCUT2D eigenvalue weighted by Crippen LogP contribution is -2.30. The number of urea groups is 1. The van der Waals surface area contributed by atoms with Gasteiger partial charge in [0.25, 0.3) is 0 Å². The maximum Gasteiger partial charge on any atom is 0.347 e. The van der Waals surface area contributed by atoms with Crippen molar-refractivity contribution in [2.75, 3.05) is 5.32 Å². The Balaban J connectivity index is 1.67. The predicted molar refractivity (Wildman–Crippen MR) is 73.8 cm³/mol. The van der Waals surface area contributed by atoms with E-state index in [9.17, 15) is 9.59 Å². The van der Waals surface area contributed by atoms with Crippen molar-refractivity contribution in [2.24, 2.45) is 0 Å². The molecule has 2 heterocycles. The monoisotopic (exact) mass is 289 g/mol. The van der Waals surface area contributed by atoms with Crippen LogP contribution in [0.2, 0.25) is 0 Å². The molecule has 1 aliphatic heterocycles. The first-order valence-corrected chi connectivity index (χ1v) is 6.77. The van der Waals surface area contributed by atoms with E-state index >= 15 is 0 Å². The van der Waals surface area contributed by atoms with Crippen LogP contribution < -0.4 is 5.32 Å². The van der Waals surface area contributed by atoms with Gasteiger partial charge in [0, 0.05) is 13.1 Å². The Hall–Kier alpha value is -2.41. The zero-order valence-electron chi connectivity index (χ0n) is 10.4. The van der Waals surface area contributed by atoms with Crippen LogP contribution in [0.25, 0.3) is 0 Å². The average molecular weight is 289 g/mol. The minimum atomic E-state index is -1.04. The number of nitrogens with zero attached hydrogens (tertiary/aromatic N) is 2. The lowest BCUT2D eigenvalue weighted by molar-refractivity contribution is 0.0702. The van der Waals surface area contributed by atoms with Gasteiger partial charge < -0.3 is 10.0 Å². The molecule has 2 N–H and O–H groups in total. The number of hydrogen-bond donors (Lipinski definition) is 2. The van der Waals surface area contributed by atoms with Crippen molar-refractivity contribution in [3.8, 4) is 0 Å². The molecule has 1 aromatic carbocycles. The molecule has 1 aliphatic rings. The summed E-state index contributed by atoms with van der Waals surface area (Å²) in [5.74, 6) is -1.04. The van der Waals surface area contributed by atoms with Gasteiger partial charge in [-0.3, -0.25) is 5.32 Å². The molecule has 7 heteroatoms. The average Bonchev–Trinajstić information content (AvgIpc) is 3.04. The third-order valence-corrected chi connectivity index (χ3v) is 3.96. The summed E-state index contributed by atoms with van der Waals surface area (Å²) >= 11 is 0.943. The Morgan fingerprint density at radius 1 is 1.25 bits per heavy atom. The van der Waals surface area contributed by atoms with Gasteiger partial charge in [0.2, 0.25) is 0 Å². The van der Waals surface area contributed by atoms with Crippen molar-refractivity contribution < 1.29 is 14.7 Å². The van der Waals surface area contributed by atoms with Crippen LogP contribution in [-0.2, 0) is 13.1 Å². The predicted octanol–water partition coefficient (Wildman–Crippen LogP) is 2.39. The molecule has 6 nitrogen and oxygen atoms in total. The van der Waals surface area contributed by atoms with E-state index < -0.39 is 5.97 Å². The number of carbonyl (C=O) groups is 2. The van der Waals surface area contributed by atoms with Gasteiger partial charge in [-0.15, -0.1) is 0 Å². The van der Waals surface area contributed by atoms with Gasteiger partial charge in [-0.25, -0.2) is 14.6 Å². The molecule has 0 aliphatic carbocycles. The molecule has 3 rings (SSSR count). The smallest absolute Gasteiger partial charge is 0.347 e. The first kappa shape index (κ1) is 12.6. The summed E-state index contributed by atoms with van der Waals surface area (Å²) in [6, 6.07) is 7.61. The highest BCUT2D eigenvalue weighted by molar-refractivity contribution is 7.17. The number of benzene rings is 1. The van der Waals surface area contributed by atoms with E-state index in [4.69, 9.17) is 5.11 Å². The van der Waals surface area contributed by atoms with Crippen LogP contribution in [0.15, 0.2) is 30.5 Å². The SMILES string of the molecule is O=C(O)c1cnc(NC(=O)N2Cc3ccccc3C2)s1. The molecule has 0 saturated heterocycles. The molecule has 20 heavy (non-hydrogen) atoms. The first-order chi connectivity index (χ1) is 9.63. The van der Waals surface area contributed by atoms with Crippen molar-refractivity contribution >= 4 is 28.5 Å². The number of amides is 2. The lowest BCUT2D eigenvalue weighted by atomic mass is 10.1. The van der Waals surface area contributed by atoms with Crippen LogP contribution in [0.3, 0.4) is 0 Å². The van der Waals surface area contributed by atoms with Gasteiger partial charge in [0.05, 0.1) is 6.20 Å². The van der Waals surface area contributed by atoms with Gasteiger partial charge in [-0.05, 0) is 11.1 Å². The van der Waals surface area contributed by atoms with E-state index in [1.807, 2.05) is 24.3 Å². The number of anilines is 1. The molecule has 0 radical (unpaired) electrons. The van der Waals surface area contributed by atoms with Crippen LogP contribution in [0.5, 0.6) is 0 Å². The van der Waals surface area contributed by atoms with E-state index in [0.717, 1.165) is 22.5 Å². The summed E-state index contributed by atoms with van der Waals surface area (Å²) in [4.78, 5) is 28.5. The van der Waals surface area contributed by atoms with E-state index in [1.165, 1.54) is 6.20 Å². The maximum absolute atomic E-state index is 12.1. The molecule has 0 spiro atoms. The largest absolute Gasteiger partial charge is 0.477 e. The number of rotatable bonds is 2. The third-order valence-electron chi connectivity index (χ3n) is 3.06. The fourth-order valence-corrected chi connectivity index (χ4v) is 2.72. The molecular weight excluding hydrogens is 278 g/mol. The first-order valence-electron chi connectivity index (χ1n) is 5.95. The number of fused-ring (bicyclic) bond motifs is 1. The second kappa shape index (κ2) is 4.93. The van der Waals surface area contributed by atoms with Crippen molar-refractivity contribution in [1.29, 1.82) is 0 Å². The van der Waals surface area contributed by atoms with Crippen molar-refractivity contribution in [3.63, 3.8) is 0 Å². The molecular formula is C13H11N3O3S. The summed E-state index contributed by atoms with van der Waals surface area (Å²) in [5, 5.41) is 11.7. The number of aromatic carboxylic acids is 1. The number of hydrogen-bond acceptors (Lipinski definition) is 4. The summed E-state index contributed by atoms with van der Waals surface area (Å²) in [7, 11) is 0. The highest BCUT2D eigenvalue weighted by atomic mass is 32.1. The summed E-state index contributed by atoms with van der Waals surface area (Å²) in [6.45, 7) is 1.11. The van der Waals surface area contributed by atoms with Crippen LogP contribution >= 0.6 is 11.3 Å². The van der Waals surface area contributed by atoms with Crippen molar-refractivity contribution in [2.45, 2.75) is 13.1 Å². The summed E-state index contributed by atoms with van der Waals surface area (Å²) in [5.41, 5.74) is 2.26. The second-order valence-corrected chi connectivity index (χ2v) is 5.42. The molecule has 102 valence electrons. The minimum Gasteiger partial charge on any atom is -0.477 e. The molecule has 1 aromatic heterocycles. The van der Waals surface area contributed by atoms with Gasteiger partial charge >= 0.3 is 12.0 Å². The Kier molecular flexibility index (Phi) is 3.11. The van der Waals surface area contributed by atoms with E-state index in [2.05, 4.69) is 10.3 Å². The van der Waals surface area contributed by atoms with Crippen molar-refractivity contribution in [1.82, 2.24) is 9.88 Å². The zero-order chi connectivity index (χ0) is 14.1. The highest BCUT2D eigenvalue weighted by Crippen LogP contribution is 2.24. The quantitative estimate of drug-likeness (QED) is 0.889. The Morgan fingerprint density at radius 3 is 2.45 bits per heavy atom. The van der Waals surface area contributed by atoms with Gasteiger partial charge in [-0.2, -0.15) is 0 Å². The number of carbonyl (C=O) groups excluding carboxylic acids is 1. The number of thiazole rings is 1. The molecule has 2 aromatic rings. The third kappa shape index (κ3) is 2.35. The number of carboxylic acids is 1. The molecule has 0 fully saturated rings. The molecule has 0 atom stereocenters. The second-order valence-electron chi connectivity index (χ2n) is 4.39. The fraction of sp³-hybridized carbons (Fsp3) is 0.154. The van der Waals surface area contributed by atoms with E-state index in [1.54, 1.807) is 4.90 Å². The van der Waals surface area contributed by atoms with Crippen LogP contribution in [-0.4, -0.2) is 27.0 Å². The van der Waals surface area contributed by atoms with E-state index in [-0.39, 0.29) is 10.9 Å². The van der Waals surface area contributed by atoms with Crippen LogP contribution in [0.1, 0.15) is 20.8 Å². The number of aromatic nitrogens is 1. The zero-order valence-corrected chi connectivity index (χ0v) is 11.2. The summed E-state index contributed by atoms with van der Waals surface area (Å²) in [6.07, 6.45) is 1.24. The van der Waals surface area contributed by atoms with E-state index in [0.29, 0.717) is 18.2 Å². The molecule has 2 amide bonds. The van der Waals surface area contributed by atoms with Crippen LogP contribution in [0, 0.1) is 0 Å². The topological polar surface area (TPSA) is 82.5 Å². The molecule has 0 bridgehead atoms. The standard InChI is InChI=1S/C13H11N3O3S/c17-11(18)10-5-14-12(20-10)15-13(19)16-6-8-3-1-2-4-9(8)7-16/h1-5H,6-7H2,(H,17,18)(H,14,15,19).